The predicted molar refractivity (Wildman–Crippen MR) is 77.5 cm³/mol. The van der Waals surface area contributed by atoms with E-state index in [-0.39, 0.29) is 0 Å². The molecule has 1 aromatic carbocycles. The van der Waals surface area contributed by atoms with Crippen LogP contribution in [0.25, 0.3) is 10.9 Å². The minimum absolute atomic E-state index is 0.326. The van der Waals surface area contributed by atoms with E-state index in [1.165, 1.54) is 16.6 Å². The average Bonchev–Trinajstić information content (AvgIpc) is 2.65. The van der Waals surface area contributed by atoms with Crippen LogP contribution in [0.3, 0.4) is 0 Å². The summed E-state index contributed by atoms with van der Waals surface area (Å²) in [7, 11) is 0. The number of aromatic amines is 1. The Morgan fingerprint density at radius 1 is 1.26 bits per heavy atom. The Morgan fingerprint density at radius 2 is 2.05 bits per heavy atom. The van der Waals surface area contributed by atoms with Gasteiger partial charge in [0.2, 0.25) is 0 Å². The second kappa shape index (κ2) is 3.86. The Bertz CT molecular complexity index is 710. The number of aliphatic imine (C=N–C) groups is 1. The van der Waals surface area contributed by atoms with E-state index in [2.05, 4.69) is 35.2 Å². The number of guanidine groups is 1. The minimum Gasteiger partial charge on any atom is -0.370 e. The Kier molecular flexibility index (Phi) is 2.40. The Labute approximate surface area is 111 Å². The molecule has 5 heteroatoms. The number of rotatable bonds is 1. The van der Waals surface area contributed by atoms with Crippen molar-refractivity contribution in [2.24, 2.45) is 16.5 Å². The molecule has 1 unspecified atom stereocenters. The van der Waals surface area contributed by atoms with Gasteiger partial charge in [-0.1, -0.05) is 6.07 Å². The maximum Gasteiger partial charge on any atom is 0.195 e. The molecule has 2 aromatic rings. The third-order valence-electron chi connectivity index (χ3n) is 3.64. The number of nitrogens with one attached hydrogen (secondary N) is 2. The normalized spacial score (nSPS) is 22.4. The third kappa shape index (κ3) is 1.79. The standard InChI is InChI=1S/C14H17N5/c1-8-9(2)18-12-4-3-10(7-11(8)12)14(16)5-6-17-13(15)19-14/h3-7,18H,16H2,1-2H3,(H3,15,17,19). The van der Waals surface area contributed by atoms with Crippen LogP contribution in [0, 0.1) is 13.8 Å². The van der Waals surface area contributed by atoms with Crippen molar-refractivity contribution in [3.63, 3.8) is 0 Å². The average molecular weight is 255 g/mol. The molecular weight excluding hydrogens is 238 g/mol. The number of H-pyrrole nitrogens is 1. The smallest absolute Gasteiger partial charge is 0.195 e. The number of hydrogen-bond donors (Lipinski definition) is 4. The first-order chi connectivity index (χ1) is 8.99. The van der Waals surface area contributed by atoms with Crippen LogP contribution in [0.5, 0.6) is 0 Å². The molecule has 0 saturated carbocycles. The van der Waals surface area contributed by atoms with Crippen molar-refractivity contribution in [2.45, 2.75) is 19.5 Å². The summed E-state index contributed by atoms with van der Waals surface area (Å²) in [6, 6.07) is 6.08. The molecular formula is C14H17N5. The summed E-state index contributed by atoms with van der Waals surface area (Å²) in [4.78, 5) is 7.64. The van der Waals surface area contributed by atoms with Crippen molar-refractivity contribution in [1.29, 1.82) is 0 Å². The van der Waals surface area contributed by atoms with Gasteiger partial charge in [-0.25, -0.2) is 4.99 Å². The maximum absolute atomic E-state index is 6.31. The van der Waals surface area contributed by atoms with E-state index in [0.29, 0.717) is 5.96 Å². The lowest BCUT2D eigenvalue weighted by Gasteiger charge is -2.25. The van der Waals surface area contributed by atoms with Crippen molar-refractivity contribution in [3.8, 4) is 0 Å². The van der Waals surface area contributed by atoms with Gasteiger partial charge in [-0.2, -0.15) is 0 Å². The molecule has 0 spiro atoms. The van der Waals surface area contributed by atoms with Gasteiger partial charge in [-0.3, -0.25) is 5.73 Å². The zero-order valence-corrected chi connectivity index (χ0v) is 11.0. The first-order valence-electron chi connectivity index (χ1n) is 6.17. The van der Waals surface area contributed by atoms with Gasteiger partial charge in [0.15, 0.2) is 11.6 Å². The number of aromatic nitrogens is 1. The SMILES string of the molecule is Cc1[nH]c2ccc(C3(N)C=CNC(N)=N3)cc2c1C. The molecule has 1 aliphatic rings. The maximum atomic E-state index is 6.31. The van der Waals surface area contributed by atoms with E-state index in [9.17, 15) is 0 Å². The van der Waals surface area contributed by atoms with Crippen LogP contribution in [-0.2, 0) is 5.66 Å². The molecule has 0 amide bonds. The van der Waals surface area contributed by atoms with Gasteiger partial charge in [0.1, 0.15) is 0 Å². The van der Waals surface area contributed by atoms with Crippen molar-refractivity contribution in [1.82, 2.24) is 10.3 Å². The Balaban J connectivity index is 2.18. The summed E-state index contributed by atoms with van der Waals surface area (Å²) in [6.07, 6.45) is 3.53. The zero-order chi connectivity index (χ0) is 13.6. The molecule has 0 fully saturated rings. The number of benzene rings is 1. The molecule has 1 atom stereocenters. The molecule has 1 aliphatic heterocycles. The first-order valence-corrected chi connectivity index (χ1v) is 6.17. The summed E-state index contributed by atoms with van der Waals surface area (Å²) in [6.45, 7) is 4.16. The third-order valence-corrected chi connectivity index (χ3v) is 3.64. The van der Waals surface area contributed by atoms with Gasteiger partial charge in [0, 0.05) is 22.8 Å². The highest BCUT2D eigenvalue weighted by molar-refractivity contribution is 5.86. The second-order valence-corrected chi connectivity index (χ2v) is 4.94. The molecule has 3 rings (SSSR count). The van der Waals surface area contributed by atoms with Gasteiger partial charge in [-0.15, -0.1) is 0 Å². The van der Waals surface area contributed by atoms with Gasteiger partial charge in [0.25, 0.3) is 0 Å². The quantitative estimate of drug-likeness (QED) is 0.619. The Hall–Kier alpha value is -2.27. The van der Waals surface area contributed by atoms with Crippen LogP contribution in [0.4, 0.5) is 0 Å². The van der Waals surface area contributed by atoms with Gasteiger partial charge in [0.05, 0.1) is 0 Å². The topological polar surface area (TPSA) is 92.2 Å². The highest BCUT2D eigenvalue weighted by Gasteiger charge is 2.26. The summed E-state index contributed by atoms with van der Waals surface area (Å²) < 4.78 is 0. The summed E-state index contributed by atoms with van der Waals surface area (Å²) in [5.74, 6) is 0.326. The molecule has 6 N–H and O–H groups in total. The fourth-order valence-electron chi connectivity index (χ4n) is 2.39. The zero-order valence-electron chi connectivity index (χ0n) is 11.0. The summed E-state index contributed by atoms with van der Waals surface area (Å²) in [5.41, 5.74) is 15.5. The molecule has 0 radical (unpaired) electrons. The van der Waals surface area contributed by atoms with Crippen LogP contribution < -0.4 is 16.8 Å². The lowest BCUT2D eigenvalue weighted by molar-refractivity contribution is 0.582. The monoisotopic (exact) mass is 255 g/mol. The van der Waals surface area contributed by atoms with E-state index in [0.717, 1.165) is 11.1 Å². The number of fused-ring (bicyclic) bond motifs is 1. The molecule has 5 nitrogen and oxygen atoms in total. The lowest BCUT2D eigenvalue weighted by atomic mass is 9.97. The first kappa shape index (κ1) is 11.8. The van der Waals surface area contributed by atoms with Gasteiger partial charge < -0.3 is 16.0 Å². The minimum atomic E-state index is -0.902. The Morgan fingerprint density at radius 3 is 2.79 bits per heavy atom. The van der Waals surface area contributed by atoms with Crippen molar-refractivity contribution in [2.75, 3.05) is 0 Å². The van der Waals surface area contributed by atoms with Crippen molar-refractivity contribution >= 4 is 16.9 Å². The van der Waals surface area contributed by atoms with E-state index in [1.807, 2.05) is 12.1 Å². The van der Waals surface area contributed by atoms with Gasteiger partial charge >= 0.3 is 0 Å². The second-order valence-electron chi connectivity index (χ2n) is 4.94. The van der Waals surface area contributed by atoms with E-state index in [1.54, 1.807) is 12.3 Å². The molecule has 1 aromatic heterocycles. The van der Waals surface area contributed by atoms with Gasteiger partial charge in [-0.05, 0) is 43.2 Å². The van der Waals surface area contributed by atoms with Crippen LogP contribution in [0.15, 0.2) is 35.5 Å². The van der Waals surface area contributed by atoms with Crippen LogP contribution in [0.2, 0.25) is 0 Å². The lowest BCUT2D eigenvalue weighted by Crippen LogP contribution is -2.42. The van der Waals surface area contributed by atoms with Crippen molar-refractivity contribution < 1.29 is 0 Å². The van der Waals surface area contributed by atoms with E-state index in [4.69, 9.17) is 11.5 Å². The highest BCUT2D eigenvalue weighted by Crippen LogP contribution is 2.29. The number of aryl methyl sites for hydroxylation is 2. The molecule has 19 heavy (non-hydrogen) atoms. The molecule has 2 heterocycles. The largest absolute Gasteiger partial charge is 0.370 e. The predicted octanol–water partition coefficient (Wildman–Crippen LogP) is 1.33. The highest BCUT2D eigenvalue weighted by atomic mass is 15.2. The van der Waals surface area contributed by atoms with E-state index < -0.39 is 5.66 Å². The fourth-order valence-corrected chi connectivity index (χ4v) is 2.39. The molecule has 98 valence electrons. The number of nitrogens with zero attached hydrogens (tertiary/aromatic N) is 1. The van der Waals surface area contributed by atoms with Crippen LogP contribution in [0.1, 0.15) is 16.8 Å². The van der Waals surface area contributed by atoms with Crippen LogP contribution in [-0.4, -0.2) is 10.9 Å². The fraction of sp³-hybridized carbons (Fsp3) is 0.214. The molecule has 0 saturated heterocycles. The molecule has 0 aliphatic carbocycles. The summed E-state index contributed by atoms with van der Waals surface area (Å²) >= 11 is 0. The van der Waals surface area contributed by atoms with E-state index >= 15 is 0 Å². The molecule has 0 bridgehead atoms. The van der Waals surface area contributed by atoms with Crippen molar-refractivity contribution in [3.05, 3.63) is 47.3 Å². The van der Waals surface area contributed by atoms with Crippen LogP contribution >= 0.6 is 0 Å². The summed E-state index contributed by atoms with van der Waals surface area (Å²) in [5, 5.41) is 3.99. The number of nitrogens with two attached hydrogens (primary N) is 2. The number of hydrogen-bond acceptors (Lipinski definition) is 4.